The maximum absolute atomic E-state index is 13.1. The van der Waals surface area contributed by atoms with Crippen LogP contribution in [0.5, 0.6) is 0 Å². The monoisotopic (exact) mass is 1450 g/mol. The molecule has 3 N–H and O–H groups in total. The number of esters is 4. The highest BCUT2D eigenvalue weighted by atomic mass is 31.2. The average molecular weight is 1450 g/mol. The lowest BCUT2D eigenvalue weighted by atomic mass is 10.1. The number of phosphoric ester groups is 2. The predicted octanol–water partition coefficient (Wildman–Crippen LogP) is 22.8. The normalized spacial score (nSPS) is 14.4. The van der Waals surface area contributed by atoms with Crippen molar-refractivity contribution < 1.29 is 80.2 Å². The molecule has 0 fully saturated rings. The van der Waals surface area contributed by atoms with Gasteiger partial charge in [-0.2, -0.15) is 0 Å². The highest BCUT2D eigenvalue weighted by molar-refractivity contribution is 7.47. The fourth-order valence-corrected chi connectivity index (χ4v) is 12.2. The van der Waals surface area contributed by atoms with Gasteiger partial charge in [0, 0.05) is 25.7 Å². The summed E-state index contributed by atoms with van der Waals surface area (Å²) >= 11 is 0. The molecule has 5 atom stereocenters. The van der Waals surface area contributed by atoms with Crippen molar-refractivity contribution in [3.8, 4) is 0 Å². The number of ether oxygens (including phenoxy) is 4. The summed E-state index contributed by atoms with van der Waals surface area (Å²) in [6.45, 7) is 4.63. The minimum absolute atomic E-state index is 0.0719. The molecule has 100 heavy (non-hydrogen) atoms. The first-order valence-corrected chi connectivity index (χ1v) is 42.5. The fraction of sp³-hybridized carbons (Fsp3) is 0.753. The predicted molar refractivity (Wildman–Crippen MR) is 409 cm³/mol. The van der Waals surface area contributed by atoms with Crippen molar-refractivity contribution in [2.45, 2.75) is 354 Å². The van der Waals surface area contributed by atoms with Gasteiger partial charge < -0.3 is 33.8 Å². The van der Waals surface area contributed by atoms with Crippen LogP contribution in [0.15, 0.2) is 97.2 Å². The van der Waals surface area contributed by atoms with E-state index in [-0.39, 0.29) is 25.7 Å². The molecule has 17 nitrogen and oxygen atoms in total. The number of rotatable bonds is 74. The largest absolute Gasteiger partial charge is 0.472 e. The number of aliphatic hydroxyl groups is 1. The summed E-state index contributed by atoms with van der Waals surface area (Å²) in [6.07, 6.45) is 76.7. The van der Waals surface area contributed by atoms with Crippen LogP contribution in [0.2, 0.25) is 0 Å². The van der Waals surface area contributed by atoms with Gasteiger partial charge in [0.25, 0.3) is 0 Å². The van der Waals surface area contributed by atoms with Crippen LogP contribution in [0.1, 0.15) is 336 Å². The molecule has 0 amide bonds. The van der Waals surface area contributed by atoms with Gasteiger partial charge in [-0.1, -0.05) is 285 Å². The number of aliphatic hydroxyl groups excluding tert-OH is 1. The van der Waals surface area contributed by atoms with Gasteiger partial charge in [0.15, 0.2) is 12.2 Å². The third kappa shape index (κ3) is 72.3. The van der Waals surface area contributed by atoms with E-state index in [4.69, 9.17) is 37.0 Å². The zero-order valence-corrected chi connectivity index (χ0v) is 64.9. The Hall–Kier alpha value is -4.02. The second kappa shape index (κ2) is 73.3. The summed E-state index contributed by atoms with van der Waals surface area (Å²) in [6, 6.07) is 0. The number of hydrogen-bond acceptors (Lipinski definition) is 15. The first-order chi connectivity index (χ1) is 48.7. The van der Waals surface area contributed by atoms with Crippen LogP contribution < -0.4 is 0 Å². The van der Waals surface area contributed by atoms with E-state index in [1.54, 1.807) is 0 Å². The first-order valence-electron chi connectivity index (χ1n) is 39.5. The Labute approximate surface area is 607 Å². The van der Waals surface area contributed by atoms with Crippen LogP contribution in [0.3, 0.4) is 0 Å². The molecule has 0 aliphatic carbocycles. The SMILES string of the molecule is CC/C=C\C/C=C\C/C=C\C/C=C\CCCCCCCCC(=O)OCC(COP(=O)(O)OCC(O)COP(=O)(O)OCC(COC(=O)CCCCCCC/C=C\CCCCCCCC)OC(=O)CCCCCCCCCCCCC)OC(=O)CCCCCCC/C=C\C/C=C\C/C=C\CC. The van der Waals surface area contributed by atoms with E-state index in [0.717, 1.165) is 180 Å². The third-order valence-corrected chi connectivity index (χ3v) is 18.4. The number of carbonyl (C=O) groups is 4. The van der Waals surface area contributed by atoms with Crippen molar-refractivity contribution in [3.05, 3.63) is 97.2 Å². The summed E-state index contributed by atoms with van der Waals surface area (Å²) in [7, 11) is -9.95. The first kappa shape index (κ1) is 96.0. The van der Waals surface area contributed by atoms with E-state index in [1.807, 2.05) is 0 Å². The van der Waals surface area contributed by atoms with Crippen molar-refractivity contribution in [2.75, 3.05) is 39.6 Å². The number of allylic oxidation sites excluding steroid dienone is 16. The van der Waals surface area contributed by atoms with Gasteiger partial charge in [-0.3, -0.25) is 37.3 Å². The Balaban J connectivity index is 5.33. The Morgan fingerprint density at radius 2 is 0.520 bits per heavy atom. The lowest BCUT2D eigenvalue weighted by Crippen LogP contribution is -2.30. The summed E-state index contributed by atoms with van der Waals surface area (Å²) in [4.78, 5) is 72.9. The maximum atomic E-state index is 13.1. The molecule has 0 saturated carbocycles. The summed E-state index contributed by atoms with van der Waals surface area (Å²) < 4.78 is 68.5. The number of carbonyl (C=O) groups excluding carboxylic acids is 4. The lowest BCUT2D eigenvalue weighted by Gasteiger charge is -2.21. The van der Waals surface area contributed by atoms with Crippen molar-refractivity contribution in [1.29, 1.82) is 0 Å². The zero-order chi connectivity index (χ0) is 73.2. The smallest absolute Gasteiger partial charge is 0.462 e. The maximum Gasteiger partial charge on any atom is 0.472 e. The molecule has 0 aromatic heterocycles. The van der Waals surface area contributed by atoms with E-state index >= 15 is 0 Å². The average Bonchev–Trinajstić information content (AvgIpc) is 0.985. The van der Waals surface area contributed by atoms with Crippen molar-refractivity contribution in [2.24, 2.45) is 0 Å². The van der Waals surface area contributed by atoms with Crippen molar-refractivity contribution >= 4 is 39.5 Å². The van der Waals surface area contributed by atoms with Gasteiger partial charge >= 0.3 is 39.5 Å². The van der Waals surface area contributed by atoms with Crippen LogP contribution in [0.25, 0.3) is 0 Å². The fourth-order valence-electron chi connectivity index (χ4n) is 10.6. The van der Waals surface area contributed by atoms with E-state index in [1.165, 1.54) is 77.0 Å². The van der Waals surface area contributed by atoms with E-state index in [9.17, 15) is 43.2 Å². The highest BCUT2D eigenvalue weighted by Gasteiger charge is 2.30. The van der Waals surface area contributed by atoms with Crippen LogP contribution in [-0.4, -0.2) is 96.7 Å². The second-order valence-corrected chi connectivity index (χ2v) is 29.2. The molecule has 0 bridgehead atoms. The van der Waals surface area contributed by atoms with E-state index < -0.39 is 97.5 Å². The minimum Gasteiger partial charge on any atom is -0.462 e. The Bertz CT molecular complexity index is 2270. The molecule has 19 heteroatoms. The molecular weight excluding hydrogens is 1310 g/mol. The molecule has 0 aromatic rings. The minimum atomic E-state index is -4.98. The molecule has 0 radical (unpaired) electrons. The van der Waals surface area contributed by atoms with Gasteiger partial charge in [0.05, 0.1) is 26.4 Å². The van der Waals surface area contributed by atoms with Crippen LogP contribution in [0.4, 0.5) is 0 Å². The number of phosphoric acid groups is 2. The lowest BCUT2D eigenvalue weighted by molar-refractivity contribution is -0.161. The molecule has 0 aliphatic heterocycles. The van der Waals surface area contributed by atoms with Crippen LogP contribution in [0, 0.1) is 0 Å². The molecule has 0 aromatic carbocycles. The molecule has 0 spiro atoms. The molecule has 0 aliphatic rings. The van der Waals surface area contributed by atoms with E-state index in [2.05, 4.69) is 125 Å². The number of unbranched alkanes of at least 4 members (excludes halogenated alkanes) is 32. The number of hydrogen-bond donors (Lipinski definition) is 3. The second-order valence-electron chi connectivity index (χ2n) is 26.2. The van der Waals surface area contributed by atoms with E-state index in [0.29, 0.717) is 25.7 Å². The highest BCUT2D eigenvalue weighted by Crippen LogP contribution is 2.45. The Morgan fingerprint density at radius 3 is 0.810 bits per heavy atom. The zero-order valence-electron chi connectivity index (χ0n) is 63.1. The Kier molecular flexibility index (Phi) is 70.4. The van der Waals surface area contributed by atoms with Crippen molar-refractivity contribution in [1.82, 2.24) is 0 Å². The summed E-state index contributed by atoms with van der Waals surface area (Å²) in [5.74, 6) is -2.20. The summed E-state index contributed by atoms with van der Waals surface area (Å²) in [5.41, 5.74) is 0. The van der Waals surface area contributed by atoms with Gasteiger partial charge in [-0.15, -0.1) is 0 Å². The van der Waals surface area contributed by atoms with Crippen molar-refractivity contribution in [3.63, 3.8) is 0 Å². The van der Waals surface area contributed by atoms with Gasteiger partial charge in [0.2, 0.25) is 0 Å². The molecule has 5 unspecified atom stereocenters. The quantitative estimate of drug-likeness (QED) is 0.0169. The van der Waals surface area contributed by atoms with Gasteiger partial charge in [-0.05, 0) is 122 Å². The topological polar surface area (TPSA) is 237 Å². The molecular formula is C81H142O17P2. The molecule has 0 rings (SSSR count). The van der Waals surface area contributed by atoms with Crippen LogP contribution in [-0.2, 0) is 65.4 Å². The Morgan fingerprint density at radius 1 is 0.290 bits per heavy atom. The van der Waals surface area contributed by atoms with Gasteiger partial charge in [0.1, 0.15) is 19.3 Å². The third-order valence-electron chi connectivity index (χ3n) is 16.5. The molecule has 0 heterocycles. The molecule has 578 valence electrons. The van der Waals surface area contributed by atoms with Crippen LogP contribution >= 0.6 is 15.6 Å². The van der Waals surface area contributed by atoms with Gasteiger partial charge in [-0.25, -0.2) is 9.13 Å². The molecule has 0 saturated heterocycles. The standard InChI is InChI=1S/C81H142O17P2/c1-5-9-13-17-21-25-29-32-35-36-37-38-41-43-47-50-54-58-62-66-79(84)92-72-77(98-81(86)68-64-60-56-52-48-44-40-34-31-27-23-19-15-11-7-3)74-96-100(89,90)94-70-75(82)69-93-99(87,88)95-73-76(97-80(85)67-63-59-55-51-45-28-24-20-16-12-8-4)71-91-78(83)65-61-57-53-49-46-42-39-33-30-26-22-18-14-10-6-2/h9,11,13,15,21,23,25,27,32-35,37-40,75-77,82H,5-8,10,12,14,16-20,22,24,26,28-31,36,41-74H2,1-4H3,(H,87,88)(H,89,90)/b13-9-,15-11-,25-21-,27-23-,35-32-,38-37-,39-33-,40-34-. The summed E-state index contributed by atoms with van der Waals surface area (Å²) in [5, 5.41) is 10.6.